The van der Waals surface area contributed by atoms with Crippen LogP contribution >= 0.6 is 0 Å². The second-order valence-electron chi connectivity index (χ2n) is 5.98. The molecule has 0 amide bonds. The quantitative estimate of drug-likeness (QED) is 0.728. The molecule has 0 aromatic heterocycles. The van der Waals surface area contributed by atoms with E-state index >= 15 is 0 Å². The van der Waals surface area contributed by atoms with Gasteiger partial charge < -0.3 is 10.1 Å². The molecular weight excluding hydrogens is 260 g/mol. The Morgan fingerprint density at radius 3 is 2.67 bits per heavy atom. The Morgan fingerprint density at radius 1 is 1.29 bits per heavy atom. The van der Waals surface area contributed by atoms with Crippen LogP contribution in [-0.4, -0.2) is 13.2 Å². The maximum atomic E-state index is 8.48. The van der Waals surface area contributed by atoms with Crippen LogP contribution in [-0.2, 0) is 0 Å². The average Bonchev–Trinajstić information content (AvgIpc) is 3.03. The zero-order valence-electron chi connectivity index (χ0n) is 13.0. The van der Waals surface area contributed by atoms with Crippen molar-refractivity contribution >= 4 is 0 Å². The van der Waals surface area contributed by atoms with Crippen molar-refractivity contribution in [3.8, 4) is 11.8 Å². The molecule has 1 unspecified atom stereocenters. The molecule has 0 radical (unpaired) electrons. The van der Waals surface area contributed by atoms with E-state index in [0.29, 0.717) is 6.04 Å². The summed E-state index contributed by atoms with van der Waals surface area (Å²) in [6.07, 6.45) is 8.42. The minimum atomic E-state index is 0.105. The van der Waals surface area contributed by atoms with Crippen LogP contribution in [0.4, 0.5) is 0 Å². The first kappa shape index (κ1) is 15.9. The molecule has 0 bridgehead atoms. The van der Waals surface area contributed by atoms with Crippen LogP contribution in [0.5, 0.6) is 5.75 Å². The predicted molar refractivity (Wildman–Crippen MR) is 85.2 cm³/mol. The predicted octanol–water partition coefficient (Wildman–Crippen LogP) is 4.21. The third-order valence-electron chi connectivity index (χ3n) is 4.40. The molecule has 1 aliphatic rings. The number of ether oxygens (including phenoxy) is 1. The molecule has 1 atom stereocenters. The van der Waals surface area contributed by atoms with Gasteiger partial charge in [-0.05, 0) is 49.9 Å². The van der Waals surface area contributed by atoms with Crippen molar-refractivity contribution in [1.82, 2.24) is 5.32 Å². The van der Waals surface area contributed by atoms with Crippen LogP contribution in [0.25, 0.3) is 0 Å². The lowest BCUT2D eigenvalue weighted by Crippen LogP contribution is -2.20. The summed E-state index contributed by atoms with van der Waals surface area (Å²) in [4.78, 5) is 0. The molecule has 1 aliphatic carbocycles. The molecule has 1 aromatic carbocycles. The highest BCUT2D eigenvalue weighted by atomic mass is 16.5. The molecule has 114 valence electrons. The molecule has 1 aromatic rings. The summed E-state index contributed by atoms with van der Waals surface area (Å²) in [7, 11) is 0. The molecule has 0 heterocycles. The number of nitrogens with one attached hydrogen (secondary N) is 1. The number of hydrogen-bond donors (Lipinski definition) is 1. The number of benzene rings is 1. The van der Waals surface area contributed by atoms with Gasteiger partial charge in [0.25, 0.3) is 0 Å². The lowest BCUT2D eigenvalue weighted by molar-refractivity contribution is 0.368. The van der Waals surface area contributed by atoms with Crippen LogP contribution in [0.1, 0.15) is 57.1 Å². The molecule has 0 aliphatic heterocycles. The third kappa shape index (κ3) is 5.40. The van der Waals surface area contributed by atoms with Crippen molar-refractivity contribution in [3.05, 3.63) is 29.8 Å². The van der Waals surface area contributed by atoms with Gasteiger partial charge in [-0.1, -0.05) is 37.8 Å². The Labute approximate surface area is 128 Å². The van der Waals surface area contributed by atoms with E-state index in [1.807, 2.05) is 18.2 Å². The van der Waals surface area contributed by atoms with E-state index < -0.39 is 0 Å². The minimum Gasteiger partial charge on any atom is -0.479 e. The van der Waals surface area contributed by atoms with Gasteiger partial charge in [-0.15, -0.1) is 0 Å². The summed E-state index contributed by atoms with van der Waals surface area (Å²) >= 11 is 0. The van der Waals surface area contributed by atoms with E-state index in [1.54, 1.807) is 0 Å². The number of rotatable bonds is 8. The van der Waals surface area contributed by atoms with Crippen LogP contribution in [0.3, 0.4) is 0 Å². The van der Waals surface area contributed by atoms with E-state index in [1.165, 1.54) is 44.1 Å². The molecule has 21 heavy (non-hydrogen) atoms. The largest absolute Gasteiger partial charge is 0.479 e. The van der Waals surface area contributed by atoms with Gasteiger partial charge in [0.2, 0.25) is 0 Å². The van der Waals surface area contributed by atoms with Gasteiger partial charge in [-0.2, -0.15) is 5.26 Å². The normalized spacial score (nSPS) is 16.6. The fourth-order valence-corrected chi connectivity index (χ4v) is 3.09. The Hall–Kier alpha value is -1.53. The minimum absolute atomic E-state index is 0.105. The Morgan fingerprint density at radius 2 is 2.00 bits per heavy atom. The Bertz CT molecular complexity index is 443. The number of hydrogen-bond acceptors (Lipinski definition) is 3. The second kappa shape index (κ2) is 8.69. The lowest BCUT2D eigenvalue weighted by atomic mass is 10.0. The van der Waals surface area contributed by atoms with Gasteiger partial charge in [0.15, 0.2) is 6.61 Å². The maximum absolute atomic E-state index is 8.48. The number of nitrogens with zero attached hydrogens (tertiary/aromatic N) is 1. The van der Waals surface area contributed by atoms with Crippen LogP contribution in [0.2, 0.25) is 0 Å². The zero-order chi connectivity index (χ0) is 14.9. The first-order valence-corrected chi connectivity index (χ1v) is 8.12. The van der Waals surface area contributed by atoms with Crippen molar-refractivity contribution in [1.29, 1.82) is 5.26 Å². The van der Waals surface area contributed by atoms with Gasteiger partial charge in [0.1, 0.15) is 11.8 Å². The van der Waals surface area contributed by atoms with Crippen molar-refractivity contribution < 1.29 is 4.74 Å². The Kier molecular flexibility index (Phi) is 6.56. The molecule has 0 spiro atoms. The summed E-state index contributed by atoms with van der Waals surface area (Å²) in [5, 5.41) is 12.1. The Balaban J connectivity index is 1.67. The molecule has 1 saturated carbocycles. The highest BCUT2D eigenvalue weighted by Gasteiger charge is 2.14. The van der Waals surface area contributed by atoms with Crippen LogP contribution in [0.15, 0.2) is 24.3 Å². The van der Waals surface area contributed by atoms with Gasteiger partial charge in [0.05, 0.1) is 0 Å². The third-order valence-corrected chi connectivity index (χ3v) is 4.40. The second-order valence-corrected chi connectivity index (χ2v) is 5.98. The van der Waals surface area contributed by atoms with Crippen LogP contribution < -0.4 is 10.1 Å². The first-order valence-electron chi connectivity index (χ1n) is 8.12. The lowest BCUT2D eigenvalue weighted by Gasteiger charge is -2.16. The van der Waals surface area contributed by atoms with Crippen LogP contribution in [0, 0.1) is 17.2 Å². The van der Waals surface area contributed by atoms with E-state index in [0.717, 1.165) is 18.2 Å². The smallest absolute Gasteiger partial charge is 0.174 e. The standard InChI is InChI=1S/C18H26N2O/c1-15(20-13-4-7-16-5-2-3-6-16)17-8-10-18(11-9-17)21-14-12-19/h8-11,15-16,20H,2-7,13-14H2,1H3. The topological polar surface area (TPSA) is 45.0 Å². The highest BCUT2D eigenvalue weighted by molar-refractivity contribution is 5.29. The summed E-state index contributed by atoms with van der Waals surface area (Å²) in [6.45, 7) is 3.39. The van der Waals surface area contributed by atoms with E-state index in [2.05, 4.69) is 24.4 Å². The fourth-order valence-electron chi connectivity index (χ4n) is 3.09. The van der Waals surface area contributed by atoms with Gasteiger partial charge in [0, 0.05) is 6.04 Å². The van der Waals surface area contributed by atoms with Crippen molar-refractivity contribution in [3.63, 3.8) is 0 Å². The molecule has 1 N–H and O–H groups in total. The summed E-state index contributed by atoms with van der Waals surface area (Å²) in [5.74, 6) is 1.74. The number of nitriles is 1. The van der Waals surface area contributed by atoms with Crippen molar-refractivity contribution in [2.75, 3.05) is 13.2 Å². The van der Waals surface area contributed by atoms with Gasteiger partial charge >= 0.3 is 0 Å². The molecule has 1 fully saturated rings. The summed E-state index contributed by atoms with van der Waals surface area (Å²) < 4.78 is 5.26. The SMILES string of the molecule is CC(NCCCC1CCCC1)c1ccc(OCC#N)cc1. The highest BCUT2D eigenvalue weighted by Crippen LogP contribution is 2.28. The molecule has 3 nitrogen and oxygen atoms in total. The summed E-state index contributed by atoms with van der Waals surface area (Å²) in [5.41, 5.74) is 1.26. The van der Waals surface area contributed by atoms with Gasteiger partial charge in [-0.3, -0.25) is 0 Å². The molecule has 0 saturated heterocycles. The van der Waals surface area contributed by atoms with E-state index in [4.69, 9.17) is 10.00 Å². The average molecular weight is 286 g/mol. The summed E-state index contributed by atoms with van der Waals surface area (Å²) in [6, 6.07) is 10.3. The van der Waals surface area contributed by atoms with Crippen molar-refractivity contribution in [2.24, 2.45) is 5.92 Å². The van der Waals surface area contributed by atoms with Gasteiger partial charge in [-0.25, -0.2) is 0 Å². The van der Waals surface area contributed by atoms with E-state index in [-0.39, 0.29) is 6.61 Å². The maximum Gasteiger partial charge on any atom is 0.174 e. The first-order chi connectivity index (χ1) is 10.3. The molecule has 2 rings (SSSR count). The fraction of sp³-hybridized carbons (Fsp3) is 0.611. The molecular formula is C18H26N2O. The monoisotopic (exact) mass is 286 g/mol. The molecule has 3 heteroatoms. The zero-order valence-corrected chi connectivity index (χ0v) is 13.0. The van der Waals surface area contributed by atoms with E-state index in [9.17, 15) is 0 Å². The van der Waals surface area contributed by atoms with Crippen molar-refractivity contribution in [2.45, 2.75) is 51.5 Å².